The van der Waals surface area contributed by atoms with E-state index in [1.165, 1.54) is 6.92 Å². The summed E-state index contributed by atoms with van der Waals surface area (Å²) in [6, 6.07) is 2.24. The lowest BCUT2D eigenvalue weighted by Crippen LogP contribution is -2.41. The Morgan fingerprint density at radius 3 is 2.73 bits per heavy atom. The number of ether oxygens (including phenoxy) is 1. The van der Waals surface area contributed by atoms with E-state index in [4.69, 9.17) is 4.74 Å². The number of nitrogens with one attached hydrogen (secondary N) is 1. The molecule has 0 radical (unpaired) electrons. The minimum atomic E-state index is -4.08. The van der Waals surface area contributed by atoms with E-state index in [2.05, 4.69) is 5.32 Å². The van der Waals surface area contributed by atoms with Gasteiger partial charge in [-0.3, -0.25) is 4.79 Å². The molecule has 1 heterocycles. The van der Waals surface area contributed by atoms with Gasteiger partial charge in [0.1, 0.15) is 5.25 Å². The molecule has 122 valence electrons. The van der Waals surface area contributed by atoms with Crippen LogP contribution in [-0.2, 0) is 19.4 Å². The monoisotopic (exact) mass is 333 g/mol. The van der Waals surface area contributed by atoms with Crippen LogP contribution < -0.4 is 5.32 Å². The second kappa shape index (κ2) is 6.70. The lowest BCUT2D eigenvalue weighted by atomic mass is 10.2. The van der Waals surface area contributed by atoms with E-state index < -0.39 is 37.5 Å². The number of amides is 1. The van der Waals surface area contributed by atoms with Gasteiger partial charge in [0.25, 0.3) is 0 Å². The van der Waals surface area contributed by atoms with Crippen LogP contribution in [0.1, 0.15) is 19.8 Å². The van der Waals surface area contributed by atoms with Gasteiger partial charge in [-0.2, -0.15) is 0 Å². The molecule has 0 saturated carbocycles. The standard InChI is InChI=1S/C14H17F2NO4S/c1-9(14(18)17-8-10-3-2-6-21-10)22(19,20)11-4-5-12(15)13(16)7-11/h4-5,7,9-10H,2-3,6,8H2,1H3,(H,17,18)/t9-,10-/m0/s1. The quantitative estimate of drug-likeness (QED) is 0.827. The highest BCUT2D eigenvalue weighted by molar-refractivity contribution is 7.92. The Bertz CT molecular complexity index is 657. The first-order valence-corrected chi connectivity index (χ1v) is 8.45. The largest absolute Gasteiger partial charge is 0.376 e. The number of benzene rings is 1. The van der Waals surface area contributed by atoms with Crippen molar-refractivity contribution in [2.45, 2.75) is 36.0 Å². The summed E-state index contributed by atoms with van der Waals surface area (Å²) in [7, 11) is -4.08. The summed E-state index contributed by atoms with van der Waals surface area (Å²) in [5.74, 6) is -3.11. The molecule has 8 heteroatoms. The maximum atomic E-state index is 13.2. The number of rotatable bonds is 5. The van der Waals surface area contributed by atoms with Crippen molar-refractivity contribution in [2.75, 3.05) is 13.2 Å². The molecule has 2 atom stereocenters. The van der Waals surface area contributed by atoms with Crippen molar-refractivity contribution in [1.82, 2.24) is 5.32 Å². The van der Waals surface area contributed by atoms with Crippen molar-refractivity contribution >= 4 is 15.7 Å². The molecule has 0 bridgehead atoms. The van der Waals surface area contributed by atoms with Crippen molar-refractivity contribution in [3.05, 3.63) is 29.8 Å². The van der Waals surface area contributed by atoms with Gasteiger partial charge >= 0.3 is 0 Å². The Labute approximate surface area is 127 Å². The van der Waals surface area contributed by atoms with E-state index in [0.29, 0.717) is 12.7 Å². The van der Waals surface area contributed by atoms with Crippen LogP contribution in [0.4, 0.5) is 8.78 Å². The SMILES string of the molecule is C[C@@H](C(=O)NC[C@@H]1CCCO1)S(=O)(=O)c1ccc(F)c(F)c1. The first-order valence-electron chi connectivity index (χ1n) is 6.90. The molecule has 0 aliphatic carbocycles. The van der Waals surface area contributed by atoms with Crippen molar-refractivity contribution in [3.8, 4) is 0 Å². The van der Waals surface area contributed by atoms with Crippen molar-refractivity contribution in [1.29, 1.82) is 0 Å². The highest BCUT2D eigenvalue weighted by Gasteiger charge is 2.31. The molecule has 1 fully saturated rings. The number of sulfone groups is 1. The van der Waals surface area contributed by atoms with Gasteiger partial charge in [-0.05, 0) is 38.0 Å². The van der Waals surface area contributed by atoms with Crippen LogP contribution in [0.3, 0.4) is 0 Å². The minimum absolute atomic E-state index is 0.109. The van der Waals surface area contributed by atoms with Crippen LogP contribution in [0.5, 0.6) is 0 Å². The summed E-state index contributed by atoms with van der Waals surface area (Å²) in [6.45, 7) is 2.07. The Kier molecular flexibility index (Phi) is 5.12. The number of halogens is 2. The molecule has 1 aliphatic rings. The summed E-state index contributed by atoms with van der Waals surface area (Å²) < 4.78 is 55.9. The van der Waals surface area contributed by atoms with Crippen molar-refractivity contribution in [3.63, 3.8) is 0 Å². The molecule has 2 rings (SSSR count). The molecule has 0 aromatic heterocycles. The smallest absolute Gasteiger partial charge is 0.238 e. The number of hydrogen-bond acceptors (Lipinski definition) is 4. The van der Waals surface area contributed by atoms with Crippen LogP contribution in [-0.4, -0.2) is 38.8 Å². The van der Waals surface area contributed by atoms with Gasteiger partial charge in [0.05, 0.1) is 11.0 Å². The predicted octanol–water partition coefficient (Wildman–Crippen LogP) is 1.42. The number of carbonyl (C=O) groups is 1. The highest BCUT2D eigenvalue weighted by atomic mass is 32.2. The summed E-state index contributed by atoms with van der Waals surface area (Å²) in [5.41, 5.74) is 0. The average molecular weight is 333 g/mol. The van der Waals surface area contributed by atoms with Crippen LogP contribution in [0, 0.1) is 11.6 Å². The Morgan fingerprint density at radius 2 is 2.14 bits per heavy atom. The summed E-state index contributed by atoms with van der Waals surface area (Å²) in [4.78, 5) is 11.5. The lowest BCUT2D eigenvalue weighted by molar-refractivity contribution is -0.120. The molecule has 22 heavy (non-hydrogen) atoms. The summed E-state index contributed by atoms with van der Waals surface area (Å²) in [6.07, 6.45) is 1.61. The summed E-state index contributed by atoms with van der Waals surface area (Å²) in [5, 5.41) is 1.11. The molecule has 1 N–H and O–H groups in total. The van der Waals surface area contributed by atoms with Gasteiger partial charge in [-0.1, -0.05) is 0 Å². The first kappa shape index (κ1) is 16.8. The molecule has 0 unspecified atom stereocenters. The van der Waals surface area contributed by atoms with Gasteiger partial charge in [0.2, 0.25) is 5.91 Å². The molecule has 1 saturated heterocycles. The van der Waals surface area contributed by atoms with Crippen LogP contribution in [0.25, 0.3) is 0 Å². The van der Waals surface area contributed by atoms with E-state index in [1.54, 1.807) is 0 Å². The van der Waals surface area contributed by atoms with Gasteiger partial charge in [0, 0.05) is 13.2 Å². The average Bonchev–Trinajstić information content (AvgIpc) is 3.00. The lowest BCUT2D eigenvalue weighted by Gasteiger charge is -2.15. The predicted molar refractivity (Wildman–Crippen MR) is 75.0 cm³/mol. The van der Waals surface area contributed by atoms with E-state index in [9.17, 15) is 22.0 Å². The minimum Gasteiger partial charge on any atom is -0.376 e. The fourth-order valence-corrected chi connectivity index (χ4v) is 3.46. The molecule has 1 aromatic carbocycles. The fourth-order valence-electron chi connectivity index (χ4n) is 2.16. The zero-order chi connectivity index (χ0) is 16.3. The number of carbonyl (C=O) groups excluding carboxylic acids is 1. The maximum absolute atomic E-state index is 13.2. The highest BCUT2D eigenvalue weighted by Crippen LogP contribution is 2.19. The number of hydrogen-bond donors (Lipinski definition) is 1. The molecular weight excluding hydrogens is 316 g/mol. The topological polar surface area (TPSA) is 72.5 Å². The zero-order valence-electron chi connectivity index (χ0n) is 12.0. The zero-order valence-corrected chi connectivity index (χ0v) is 12.8. The van der Waals surface area contributed by atoms with Crippen molar-refractivity contribution < 1.29 is 26.7 Å². The van der Waals surface area contributed by atoms with E-state index >= 15 is 0 Å². The van der Waals surface area contributed by atoms with Crippen LogP contribution in [0.15, 0.2) is 23.1 Å². The molecule has 0 spiro atoms. The van der Waals surface area contributed by atoms with Gasteiger partial charge < -0.3 is 10.1 Å². The third-order valence-electron chi connectivity index (χ3n) is 3.58. The van der Waals surface area contributed by atoms with E-state index in [-0.39, 0.29) is 12.6 Å². The third-order valence-corrected chi connectivity index (χ3v) is 5.64. The van der Waals surface area contributed by atoms with Gasteiger partial charge in [-0.15, -0.1) is 0 Å². The normalized spacial score (nSPS) is 19.9. The Balaban J connectivity index is 2.06. The van der Waals surface area contributed by atoms with E-state index in [1.807, 2.05) is 0 Å². The molecule has 1 aromatic rings. The summed E-state index contributed by atoms with van der Waals surface area (Å²) >= 11 is 0. The Morgan fingerprint density at radius 1 is 1.41 bits per heavy atom. The van der Waals surface area contributed by atoms with Gasteiger partial charge in [0.15, 0.2) is 21.5 Å². The maximum Gasteiger partial charge on any atom is 0.238 e. The fraction of sp³-hybridized carbons (Fsp3) is 0.500. The third kappa shape index (κ3) is 3.61. The molecular formula is C14H17F2NO4S. The second-order valence-electron chi connectivity index (χ2n) is 5.14. The van der Waals surface area contributed by atoms with Crippen LogP contribution in [0.2, 0.25) is 0 Å². The molecule has 1 aliphatic heterocycles. The second-order valence-corrected chi connectivity index (χ2v) is 7.41. The van der Waals surface area contributed by atoms with Gasteiger partial charge in [-0.25, -0.2) is 17.2 Å². The molecule has 1 amide bonds. The van der Waals surface area contributed by atoms with E-state index in [0.717, 1.165) is 25.0 Å². The molecule has 5 nitrogen and oxygen atoms in total. The Hall–Kier alpha value is -1.54. The first-order chi connectivity index (χ1) is 10.3. The van der Waals surface area contributed by atoms with Crippen molar-refractivity contribution in [2.24, 2.45) is 0 Å². The van der Waals surface area contributed by atoms with Crippen LogP contribution >= 0.6 is 0 Å².